The van der Waals surface area contributed by atoms with Gasteiger partial charge in [-0.15, -0.1) is 0 Å². The number of halogens is 1. The molecule has 0 unspecified atom stereocenters. The monoisotopic (exact) mass is 713 g/mol. The summed E-state index contributed by atoms with van der Waals surface area (Å²) in [6, 6.07) is 7.57. The molecule has 11 heteroatoms. The Labute approximate surface area is 286 Å². The van der Waals surface area contributed by atoms with E-state index in [-0.39, 0.29) is 55.7 Å². The first-order valence-corrected chi connectivity index (χ1v) is 17.4. The summed E-state index contributed by atoms with van der Waals surface area (Å²) in [5.74, 6) is -3.53. The Kier molecular flexibility index (Phi) is 10.1. The van der Waals surface area contributed by atoms with E-state index < -0.39 is 53.2 Å². The molecule has 256 valence electrons. The summed E-state index contributed by atoms with van der Waals surface area (Å²) in [6.45, 7) is 12.4. The number of allylic oxidation sites excluding steroid dienone is 1. The summed E-state index contributed by atoms with van der Waals surface area (Å²) in [5, 5.41) is 12.8. The highest BCUT2D eigenvalue weighted by Crippen LogP contribution is 2.59. The summed E-state index contributed by atoms with van der Waals surface area (Å²) in [5.41, 5.74) is -1.46. The molecule has 2 fully saturated rings. The molecule has 5 rings (SSSR count). The van der Waals surface area contributed by atoms with Crippen LogP contribution in [0.15, 0.2) is 53.0 Å². The maximum absolute atomic E-state index is 15.0. The van der Waals surface area contributed by atoms with Gasteiger partial charge < -0.3 is 29.7 Å². The van der Waals surface area contributed by atoms with E-state index in [0.29, 0.717) is 22.9 Å². The minimum atomic E-state index is -1.41. The topological polar surface area (TPSA) is 125 Å². The van der Waals surface area contributed by atoms with Gasteiger partial charge in [-0.3, -0.25) is 19.2 Å². The fourth-order valence-electron chi connectivity index (χ4n) is 8.14. The van der Waals surface area contributed by atoms with Crippen LogP contribution in [-0.4, -0.2) is 87.6 Å². The third-order valence-corrected chi connectivity index (χ3v) is 10.3. The Bertz CT molecular complexity index is 1440. The summed E-state index contributed by atoms with van der Waals surface area (Å²) >= 11 is 3.61. The molecule has 1 aromatic carbocycles. The van der Waals surface area contributed by atoms with Crippen molar-refractivity contribution in [1.29, 1.82) is 0 Å². The molecule has 0 saturated carbocycles. The molecule has 1 aromatic rings. The standard InChI is InChI=1S/C36H48BrN3O7/c1-22-28(23-14-9-7-10-15-23)46-33(45)26-27-31(43)39(17-13-19-41)30(36(27)20-24(37)29(26)47-36)32(44)40(35(5,6)21-34(2,3)4)18-12-8-11-16-25(42)38-22/h7-10,12,14-15,20,22,26-30,41H,11,13,16-19,21H2,1-6H3,(H,38,42)/b12-8-/t22-,26+,27-,28+,29+,30+,36-/m0/s1. The number of nitrogens with zero attached hydrogens (tertiary/aromatic N) is 2. The molecule has 2 N–H and O–H groups in total. The summed E-state index contributed by atoms with van der Waals surface area (Å²) in [6.07, 6.45) is 5.57. The molecule has 4 aliphatic rings. The summed E-state index contributed by atoms with van der Waals surface area (Å²) in [4.78, 5) is 60.1. The molecule has 7 atom stereocenters. The van der Waals surface area contributed by atoms with E-state index in [1.54, 1.807) is 17.9 Å². The zero-order valence-corrected chi connectivity index (χ0v) is 29.8. The molecule has 4 aliphatic heterocycles. The lowest BCUT2D eigenvalue weighted by Gasteiger charge is -2.45. The Morgan fingerprint density at radius 1 is 1.02 bits per heavy atom. The highest BCUT2D eigenvalue weighted by molar-refractivity contribution is 9.11. The molecule has 2 saturated heterocycles. The van der Waals surface area contributed by atoms with E-state index in [2.05, 4.69) is 42.0 Å². The second-order valence-corrected chi connectivity index (χ2v) is 16.0. The van der Waals surface area contributed by atoms with E-state index in [1.165, 1.54) is 4.90 Å². The number of aliphatic hydroxyl groups excluding tert-OH is 1. The SMILES string of the molecule is C[C@@H]1NC(=O)CC/C=C\CN(C(C)(C)CC(C)(C)C)C(=O)[C@H]2N(CCCO)C(=O)[C@@H]3[C@@H](C(=O)O[C@H]1c1ccccc1)[C@@H]1O[C@@]32C=C1Br. The maximum Gasteiger partial charge on any atom is 0.313 e. The normalized spacial score (nSPS) is 32.6. The number of hydrogen-bond acceptors (Lipinski definition) is 7. The van der Waals surface area contributed by atoms with Crippen molar-refractivity contribution >= 4 is 39.6 Å². The number of amides is 3. The molecule has 5 bridgehead atoms. The van der Waals surface area contributed by atoms with Crippen LogP contribution in [0.3, 0.4) is 0 Å². The first-order chi connectivity index (χ1) is 22.1. The van der Waals surface area contributed by atoms with Crippen LogP contribution in [0.1, 0.15) is 78.9 Å². The number of hydrogen-bond donors (Lipinski definition) is 2. The lowest BCUT2D eigenvalue weighted by atomic mass is 9.74. The van der Waals surface area contributed by atoms with E-state index in [4.69, 9.17) is 9.47 Å². The van der Waals surface area contributed by atoms with Gasteiger partial charge in [0.05, 0.1) is 12.0 Å². The van der Waals surface area contributed by atoms with Gasteiger partial charge in [-0.2, -0.15) is 0 Å². The molecule has 0 aromatic heterocycles. The number of fused-ring (bicyclic) bond motifs is 2. The van der Waals surface area contributed by atoms with Gasteiger partial charge in [-0.1, -0.05) is 79.2 Å². The van der Waals surface area contributed by atoms with Crippen LogP contribution in [-0.2, 0) is 28.7 Å². The van der Waals surface area contributed by atoms with Crippen LogP contribution in [0, 0.1) is 17.3 Å². The van der Waals surface area contributed by atoms with Gasteiger partial charge in [0.2, 0.25) is 17.7 Å². The number of ether oxygens (including phenoxy) is 2. The van der Waals surface area contributed by atoms with Gasteiger partial charge in [-0.05, 0) is 57.1 Å². The highest BCUT2D eigenvalue weighted by atomic mass is 79.9. The van der Waals surface area contributed by atoms with Gasteiger partial charge >= 0.3 is 5.97 Å². The van der Waals surface area contributed by atoms with Crippen molar-refractivity contribution < 1.29 is 33.8 Å². The highest BCUT2D eigenvalue weighted by Gasteiger charge is 2.75. The molecular weight excluding hydrogens is 666 g/mol. The minimum absolute atomic E-state index is 0.117. The van der Waals surface area contributed by atoms with Crippen molar-refractivity contribution in [1.82, 2.24) is 15.1 Å². The Hall–Kier alpha value is -3.02. The van der Waals surface area contributed by atoms with Crippen molar-refractivity contribution in [2.24, 2.45) is 17.3 Å². The van der Waals surface area contributed by atoms with Crippen LogP contribution in [0.4, 0.5) is 0 Å². The second kappa shape index (κ2) is 13.5. The Morgan fingerprint density at radius 3 is 2.38 bits per heavy atom. The van der Waals surface area contributed by atoms with Crippen molar-refractivity contribution in [2.45, 2.75) is 103 Å². The van der Waals surface area contributed by atoms with Crippen LogP contribution < -0.4 is 5.32 Å². The molecule has 3 amide bonds. The fourth-order valence-corrected chi connectivity index (χ4v) is 8.88. The van der Waals surface area contributed by atoms with E-state index in [9.17, 15) is 19.5 Å². The third kappa shape index (κ3) is 6.81. The van der Waals surface area contributed by atoms with Crippen molar-refractivity contribution in [3.63, 3.8) is 0 Å². The largest absolute Gasteiger partial charge is 0.455 e. The zero-order valence-electron chi connectivity index (χ0n) is 28.2. The van der Waals surface area contributed by atoms with Crippen LogP contribution in [0.2, 0.25) is 0 Å². The number of carbonyl (C=O) groups excluding carboxylic acids is 4. The number of cyclic esters (lactones) is 1. The third-order valence-electron chi connectivity index (χ3n) is 9.66. The Morgan fingerprint density at radius 2 is 1.72 bits per heavy atom. The molecule has 4 heterocycles. The number of carbonyl (C=O) groups is 4. The van der Waals surface area contributed by atoms with E-state index in [1.807, 2.05) is 56.3 Å². The molecule has 1 spiro atoms. The van der Waals surface area contributed by atoms with E-state index >= 15 is 4.79 Å². The zero-order chi connectivity index (χ0) is 34.3. The number of likely N-dealkylation sites (tertiary alicyclic amines) is 1. The maximum atomic E-state index is 15.0. The van der Waals surface area contributed by atoms with Crippen molar-refractivity contribution in [3.05, 3.63) is 58.6 Å². The quantitative estimate of drug-likeness (QED) is 0.330. The van der Waals surface area contributed by atoms with Gasteiger partial charge in [0.1, 0.15) is 29.8 Å². The molecule has 47 heavy (non-hydrogen) atoms. The van der Waals surface area contributed by atoms with E-state index in [0.717, 1.165) is 0 Å². The van der Waals surface area contributed by atoms with Crippen LogP contribution in [0.5, 0.6) is 0 Å². The van der Waals surface area contributed by atoms with Gasteiger partial charge in [0, 0.05) is 36.1 Å². The average Bonchev–Trinajstić information content (AvgIpc) is 3.57. The molecular formula is C36H48BrN3O7. The van der Waals surface area contributed by atoms with Gasteiger partial charge in [0.15, 0.2) is 0 Å². The number of esters is 1. The number of aliphatic hydroxyl groups is 1. The van der Waals surface area contributed by atoms with Crippen molar-refractivity contribution in [3.8, 4) is 0 Å². The second-order valence-electron chi connectivity index (χ2n) is 15.1. The lowest BCUT2D eigenvalue weighted by Crippen LogP contribution is -2.60. The molecule has 0 radical (unpaired) electrons. The summed E-state index contributed by atoms with van der Waals surface area (Å²) in [7, 11) is 0. The van der Waals surface area contributed by atoms with Crippen LogP contribution in [0.25, 0.3) is 0 Å². The summed E-state index contributed by atoms with van der Waals surface area (Å²) < 4.78 is 13.4. The first kappa shape index (κ1) is 35.3. The Balaban J connectivity index is 1.63. The predicted molar refractivity (Wildman–Crippen MR) is 180 cm³/mol. The van der Waals surface area contributed by atoms with Gasteiger partial charge in [-0.25, -0.2) is 0 Å². The van der Waals surface area contributed by atoms with Crippen molar-refractivity contribution in [2.75, 3.05) is 19.7 Å². The number of nitrogens with one attached hydrogen (secondary N) is 1. The molecule has 10 nitrogen and oxygen atoms in total. The number of benzene rings is 1. The minimum Gasteiger partial charge on any atom is -0.455 e. The lowest BCUT2D eigenvalue weighted by molar-refractivity contribution is -0.161. The smallest absolute Gasteiger partial charge is 0.313 e. The average molecular weight is 715 g/mol. The predicted octanol–water partition coefficient (Wildman–Crippen LogP) is 4.42. The fraction of sp³-hybridized carbons (Fsp3) is 0.611. The van der Waals surface area contributed by atoms with Crippen LogP contribution >= 0.6 is 15.9 Å². The first-order valence-electron chi connectivity index (χ1n) is 16.6. The van der Waals surface area contributed by atoms with Gasteiger partial charge in [0.25, 0.3) is 0 Å². The number of rotatable bonds is 6. The molecule has 0 aliphatic carbocycles.